The Morgan fingerprint density at radius 1 is 1.40 bits per heavy atom. The van der Waals surface area contributed by atoms with Crippen LogP contribution in [0, 0.1) is 17.2 Å². The Balaban J connectivity index is 1.88. The minimum Gasteiger partial charge on any atom is -0.394 e. The number of hydrogen-bond acceptors (Lipinski definition) is 8. The van der Waals surface area contributed by atoms with Crippen LogP contribution < -0.4 is 0 Å². The number of aliphatic hydroxyl groups is 1. The fourth-order valence-corrected chi connectivity index (χ4v) is 5.23. The molecule has 0 unspecified atom stereocenters. The summed E-state index contributed by atoms with van der Waals surface area (Å²) < 4.78 is 35.5. The van der Waals surface area contributed by atoms with Gasteiger partial charge in [0.15, 0.2) is 0 Å². The van der Waals surface area contributed by atoms with Crippen LogP contribution in [0.4, 0.5) is 0 Å². The Kier molecular flexibility index (Phi) is 8.96. The molecule has 190 valence electrons. The van der Waals surface area contributed by atoms with Gasteiger partial charge in [0, 0.05) is 39.0 Å². The van der Waals surface area contributed by atoms with E-state index in [4.69, 9.17) is 10.00 Å². The van der Waals surface area contributed by atoms with Gasteiger partial charge in [-0.1, -0.05) is 18.2 Å². The number of aliphatic hydroxyl groups excluding tert-OH is 1. The minimum atomic E-state index is -3.89. The van der Waals surface area contributed by atoms with E-state index in [0.29, 0.717) is 25.9 Å². The third kappa shape index (κ3) is 6.43. The highest BCUT2D eigenvalue weighted by Gasteiger charge is 2.31. The van der Waals surface area contributed by atoms with Gasteiger partial charge in [-0.05, 0) is 31.5 Å². The Hall–Kier alpha value is -2.85. The Labute approximate surface area is 205 Å². The van der Waals surface area contributed by atoms with Crippen molar-refractivity contribution in [3.63, 3.8) is 0 Å². The summed E-state index contributed by atoms with van der Waals surface area (Å²) in [7, 11) is -2.42. The van der Waals surface area contributed by atoms with Gasteiger partial charge in [-0.3, -0.25) is 4.79 Å². The van der Waals surface area contributed by atoms with Crippen molar-refractivity contribution in [3.8, 4) is 6.07 Å². The van der Waals surface area contributed by atoms with Crippen LogP contribution in [-0.2, 0) is 32.7 Å². The molecule has 1 aromatic heterocycles. The monoisotopic (exact) mass is 504 g/mol. The quantitative estimate of drug-likeness (QED) is 0.614. The maximum Gasteiger partial charge on any atom is 0.242 e. The van der Waals surface area contributed by atoms with E-state index in [9.17, 15) is 18.3 Å². The number of carbonyl (C=O) groups is 1. The number of aromatic nitrogens is 3. The molecule has 0 spiro atoms. The number of fused-ring (bicyclic) bond motifs is 1. The zero-order valence-electron chi connectivity index (χ0n) is 20.2. The number of nitriles is 1. The molecule has 1 aliphatic heterocycles. The van der Waals surface area contributed by atoms with Crippen LogP contribution >= 0.6 is 0 Å². The number of sulfonamides is 1. The second-order valence-electron chi connectivity index (χ2n) is 8.88. The second kappa shape index (κ2) is 11.7. The molecule has 1 N–H and O–H groups in total. The lowest BCUT2D eigenvalue weighted by molar-refractivity contribution is -0.136. The first kappa shape index (κ1) is 26.7. The number of ether oxygens (including phenoxy) is 1. The van der Waals surface area contributed by atoms with Gasteiger partial charge in [0.2, 0.25) is 15.9 Å². The summed E-state index contributed by atoms with van der Waals surface area (Å²) in [5.74, 6) is -0.339. The molecule has 0 radical (unpaired) electrons. The molecule has 2 aromatic rings. The Bertz CT molecular complexity index is 1160. The summed E-state index contributed by atoms with van der Waals surface area (Å²) in [6.07, 6.45) is 1.90. The van der Waals surface area contributed by atoms with Crippen molar-refractivity contribution >= 4 is 15.9 Å². The number of amides is 1. The van der Waals surface area contributed by atoms with Crippen molar-refractivity contribution in [2.45, 2.75) is 56.9 Å². The first-order valence-corrected chi connectivity index (χ1v) is 13.0. The van der Waals surface area contributed by atoms with Gasteiger partial charge in [-0.15, -0.1) is 5.10 Å². The van der Waals surface area contributed by atoms with Crippen LogP contribution in [-0.4, -0.2) is 82.5 Å². The number of carbonyl (C=O) groups excluding carboxylic acids is 1. The van der Waals surface area contributed by atoms with E-state index in [1.807, 2.05) is 13.0 Å². The van der Waals surface area contributed by atoms with Crippen LogP contribution in [0.25, 0.3) is 0 Å². The highest BCUT2D eigenvalue weighted by molar-refractivity contribution is 7.89. The van der Waals surface area contributed by atoms with Gasteiger partial charge in [-0.25, -0.2) is 13.1 Å². The van der Waals surface area contributed by atoms with Crippen LogP contribution in [0.5, 0.6) is 0 Å². The zero-order valence-corrected chi connectivity index (χ0v) is 21.1. The van der Waals surface area contributed by atoms with Crippen LogP contribution in [0.15, 0.2) is 35.4 Å². The molecule has 3 rings (SSSR count). The number of hydrogen-bond donors (Lipinski definition) is 1. The summed E-state index contributed by atoms with van der Waals surface area (Å²) in [6, 6.07) is 7.44. The molecule has 1 aromatic carbocycles. The minimum absolute atomic E-state index is 0.0211. The average Bonchev–Trinajstić information content (AvgIpc) is 3.30. The predicted molar refractivity (Wildman–Crippen MR) is 126 cm³/mol. The van der Waals surface area contributed by atoms with Gasteiger partial charge in [0.1, 0.15) is 0 Å². The highest BCUT2D eigenvalue weighted by atomic mass is 32.2. The van der Waals surface area contributed by atoms with Crippen molar-refractivity contribution in [1.82, 2.24) is 24.2 Å². The fourth-order valence-electron chi connectivity index (χ4n) is 4.00. The molecule has 2 heterocycles. The molecule has 3 atom stereocenters. The lowest BCUT2D eigenvalue weighted by Crippen LogP contribution is -2.47. The Morgan fingerprint density at radius 2 is 2.17 bits per heavy atom. The molecule has 0 bridgehead atoms. The van der Waals surface area contributed by atoms with E-state index >= 15 is 0 Å². The van der Waals surface area contributed by atoms with Crippen LogP contribution in [0.1, 0.15) is 37.9 Å². The molecular weight excluding hydrogens is 472 g/mol. The predicted octanol–water partition coefficient (Wildman–Crippen LogP) is 0.995. The largest absolute Gasteiger partial charge is 0.394 e. The molecular formula is C23H32N6O5S. The molecule has 35 heavy (non-hydrogen) atoms. The standard InChI is InChI=1S/C23H32N6O5S/c1-17-13-28(18(2)15-30)23(31)8-5-9-29-20(12-25-26-29)16-34-22(17)14-27(3)35(32,33)21-7-4-6-19(10-21)11-24/h4,6-7,10,12,17-18,22,30H,5,8-9,13-16H2,1-3H3/t17-,18-,22+/m1/s1. The summed E-state index contributed by atoms with van der Waals surface area (Å²) in [5.41, 5.74) is 0.992. The van der Waals surface area contributed by atoms with Crippen molar-refractivity contribution in [2.75, 3.05) is 26.7 Å². The van der Waals surface area contributed by atoms with E-state index in [0.717, 1.165) is 5.69 Å². The van der Waals surface area contributed by atoms with Gasteiger partial charge in [-0.2, -0.15) is 9.57 Å². The number of rotatable bonds is 6. The first-order chi connectivity index (χ1) is 16.7. The summed E-state index contributed by atoms with van der Waals surface area (Å²) >= 11 is 0. The lowest BCUT2D eigenvalue weighted by atomic mass is 10.0. The van der Waals surface area contributed by atoms with E-state index in [1.165, 1.54) is 29.6 Å². The maximum atomic E-state index is 13.2. The number of benzene rings is 1. The molecule has 12 heteroatoms. The van der Waals surface area contributed by atoms with E-state index in [2.05, 4.69) is 10.3 Å². The first-order valence-electron chi connectivity index (χ1n) is 11.5. The van der Waals surface area contributed by atoms with Crippen molar-refractivity contribution < 1.29 is 23.1 Å². The lowest BCUT2D eigenvalue weighted by Gasteiger charge is -2.35. The summed E-state index contributed by atoms with van der Waals surface area (Å²) in [5, 5.41) is 26.9. The Morgan fingerprint density at radius 3 is 2.89 bits per heavy atom. The molecule has 1 aliphatic rings. The topological polar surface area (TPSA) is 142 Å². The normalized spacial score (nSPS) is 21.0. The number of aryl methyl sites for hydroxylation is 1. The summed E-state index contributed by atoms with van der Waals surface area (Å²) in [4.78, 5) is 14.6. The van der Waals surface area contributed by atoms with Crippen molar-refractivity contribution in [2.24, 2.45) is 5.92 Å². The number of likely N-dealkylation sites (N-methyl/N-ethyl adjacent to an activating group) is 1. The van der Waals surface area contributed by atoms with Crippen molar-refractivity contribution in [1.29, 1.82) is 5.26 Å². The molecule has 0 saturated carbocycles. The van der Waals surface area contributed by atoms with Crippen LogP contribution in [0.3, 0.4) is 0 Å². The van der Waals surface area contributed by atoms with E-state index < -0.39 is 16.1 Å². The second-order valence-corrected chi connectivity index (χ2v) is 10.9. The van der Waals surface area contributed by atoms with Crippen molar-refractivity contribution in [3.05, 3.63) is 41.7 Å². The molecule has 0 saturated heterocycles. The molecule has 0 fully saturated rings. The number of nitrogens with zero attached hydrogens (tertiary/aromatic N) is 6. The maximum absolute atomic E-state index is 13.2. The van der Waals surface area contributed by atoms with Gasteiger partial charge in [0.25, 0.3) is 0 Å². The zero-order chi connectivity index (χ0) is 25.6. The van der Waals surface area contributed by atoms with Gasteiger partial charge in [0.05, 0.1) is 53.8 Å². The van der Waals surface area contributed by atoms with Crippen LogP contribution in [0.2, 0.25) is 0 Å². The van der Waals surface area contributed by atoms with E-state index in [1.54, 1.807) is 28.8 Å². The average molecular weight is 505 g/mol. The smallest absolute Gasteiger partial charge is 0.242 e. The molecule has 0 aliphatic carbocycles. The SMILES string of the molecule is C[C@@H]1CN([C@H](C)CO)C(=O)CCCn2nncc2CO[C@H]1CN(C)S(=O)(=O)c1cccc(C#N)c1. The highest BCUT2D eigenvalue weighted by Crippen LogP contribution is 2.21. The van der Waals surface area contributed by atoms with Gasteiger partial charge < -0.3 is 14.7 Å². The summed E-state index contributed by atoms with van der Waals surface area (Å²) in [6.45, 7) is 4.51. The van der Waals surface area contributed by atoms with Gasteiger partial charge >= 0.3 is 0 Å². The molecule has 1 amide bonds. The third-order valence-corrected chi connectivity index (χ3v) is 8.07. The van der Waals surface area contributed by atoms with E-state index in [-0.39, 0.29) is 48.1 Å². The fraction of sp³-hybridized carbons (Fsp3) is 0.565. The third-order valence-electron chi connectivity index (χ3n) is 6.25. The molecule has 11 nitrogen and oxygen atoms in total.